The Hall–Kier alpha value is 0.544. The lowest BCUT2D eigenvalue weighted by Crippen LogP contribution is -2.57. The molecular formula is C12H30O6SSi2. The van der Waals surface area contributed by atoms with Gasteiger partial charge in [0.1, 0.15) is 0 Å². The van der Waals surface area contributed by atoms with Crippen LogP contribution in [0.4, 0.5) is 0 Å². The number of hydrogen-bond donors (Lipinski definition) is 0. The van der Waals surface area contributed by atoms with Crippen LogP contribution in [0.25, 0.3) is 0 Å². The molecule has 0 rings (SSSR count). The molecule has 0 aromatic rings. The average Bonchev–Trinajstić information content (AvgIpc) is 2.55. The van der Waals surface area contributed by atoms with Crippen LogP contribution in [-0.2, 0) is 26.6 Å². The Kier molecular flexibility index (Phi) is 10.6. The van der Waals surface area contributed by atoms with E-state index in [1.165, 1.54) is 0 Å². The molecule has 0 aromatic carbocycles. The van der Waals surface area contributed by atoms with E-state index in [-0.39, 0.29) is 9.75 Å². The standard InChI is InChI=1S/C12H30O6SSi2/c1-9-11(20(13-3,14-4)15-5)19-12(10-2)21(16-6,17-7)18-8/h11-12H,9-10H2,1-8H3. The highest BCUT2D eigenvalue weighted by Gasteiger charge is 2.53. The number of hydrogen-bond acceptors (Lipinski definition) is 7. The van der Waals surface area contributed by atoms with Gasteiger partial charge >= 0.3 is 17.6 Å². The van der Waals surface area contributed by atoms with Crippen LogP contribution < -0.4 is 0 Å². The highest BCUT2D eigenvalue weighted by atomic mass is 32.2. The van der Waals surface area contributed by atoms with Crippen molar-refractivity contribution >= 4 is 29.4 Å². The lowest BCUT2D eigenvalue weighted by atomic mass is 10.6. The van der Waals surface area contributed by atoms with Crippen LogP contribution >= 0.6 is 11.8 Å². The van der Waals surface area contributed by atoms with E-state index >= 15 is 0 Å². The quantitative estimate of drug-likeness (QED) is 0.495. The van der Waals surface area contributed by atoms with Crippen molar-refractivity contribution in [3.8, 4) is 0 Å². The van der Waals surface area contributed by atoms with Crippen molar-refractivity contribution in [1.82, 2.24) is 0 Å². The normalized spacial score (nSPS) is 16.0. The molecule has 6 nitrogen and oxygen atoms in total. The summed E-state index contributed by atoms with van der Waals surface area (Å²) in [5.74, 6) is 0. The van der Waals surface area contributed by atoms with Gasteiger partial charge in [0.25, 0.3) is 0 Å². The molecular weight excluding hydrogens is 328 g/mol. The topological polar surface area (TPSA) is 55.4 Å². The fourth-order valence-electron chi connectivity index (χ4n) is 2.35. The van der Waals surface area contributed by atoms with Crippen molar-refractivity contribution in [2.45, 2.75) is 36.4 Å². The molecule has 21 heavy (non-hydrogen) atoms. The molecule has 128 valence electrons. The lowest BCUT2D eigenvalue weighted by Gasteiger charge is -2.37. The third kappa shape index (κ3) is 4.76. The molecule has 0 saturated heterocycles. The summed E-state index contributed by atoms with van der Waals surface area (Å²) in [6.45, 7) is 4.19. The zero-order valence-electron chi connectivity index (χ0n) is 14.4. The van der Waals surface area contributed by atoms with Crippen LogP contribution in [0.1, 0.15) is 26.7 Å². The van der Waals surface area contributed by atoms with E-state index in [1.54, 1.807) is 54.4 Å². The van der Waals surface area contributed by atoms with Crippen molar-refractivity contribution in [1.29, 1.82) is 0 Å². The maximum Gasteiger partial charge on any atom is 0.513 e. The average molecular weight is 359 g/mol. The van der Waals surface area contributed by atoms with Crippen molar-refractivity contribution in [2.75, 3.05) is 42.7 Å². The van der Waals surface area contributed by atoms with Crippen LogP contribution in [0.2, 0.25) is 0 Å². The largest absolute Gasteiger partial charge is 0.513 e. The van der Waals surface area contributed by atoms with Crippen LogP contribution in [0, 0.1) is 0 Å². The second-order valence-corrected chi connectivity index (χ2v) is 12.9. The smallest absolute Gasteiger partial charge is 0.376 e. The minimum Gasteiger partial charge on any atom is -0.376 e. The zero-order chi connectivity index (χ0) is 16.5. The van der Waals surface area contributed by atoms with Gasteiger partial charge in [0.05, 0.1) is 9.75 Å². The fraction of sp³-hybridized carbons (Fsp3) is 1.00. The summed E-state index contributed by atoms with van der Waals surface area (Å²) in [7, 11) is 4.37. The molecule has 2 atom stereocenters. The predicted octanol–water partition coefficient (Wildman–Crippen LogP) is 2.11. The number of thioether (sulfide) groups is 1. The Morgan fingerprint density at radius 1 is 0.619 bits per heavy atom. The maximum atomic E-state index is 5.61. The summed E-state index contributed by atoms with van der Waals surface area (Å²) in [5.41, 5.74) is 0. The number of rotatable bonds is 12. The van der Waals surface area contributed by atoms with E-state index in [1.807, 2.05) is 0 Å². The van der Waals surface area contributed by atoms with E-state index in [9.17, 15) is 0 Å². The van der Waals surface area contributed by atoms with Gasteiger partial charge < -0.3 is 26.6 Å². The SMILES string of the molecule is CCC(SC(CC)[Si](OC)(OC)OC)[Si](OC)(OC)OC. The summed E-state index contributed by atoms with van der Waals surface area (Å²) in [5, 5.41) is 0. The molecule has 0 fully saturated rings. The first-order chi connectivity index (χ1) is 9.99. The summed E-state index contributed by atoms with van der Waals surface area (Å²) < 4.78 is 33.7. The zero-order valence-corrected chi connectivity index (χ0v) is 17.2. The van der Waals surface area contributed by atoms with Crippen molar-refractivity contribution in [2.24, 2.45) is 0 Å². The van der Waals surface area contributed by atoms with E-state index in [4.69, 9.17) is 26.6 Å². The van der Waals surface area contributed by atoms with Gasteiger partial charge in [0, 0.05) is 42.7 Å². The minimum absolute atomic E-state index is 0.0924. The van der Waals surface area contributed by atoms with Gasteiger partial charge in [-0.05, 0) is 12.8 Å². The van der Waals surface area contributed by atoms with Crippen molar-refractivity contribution < 1.29 is 26.6 Å². The Bertz CT molecular complexity index is 234. The Morgan fingerprint density at radius 2 is 0.857 bits per heavy atom. The molecule has 0 radical (unpaired) electrons. The van der Waals surface area contributed by atoms with Crippen LogP contribution in [0.15, 0.2) is 0 Å². The fourth-order valence-corrected chi connectivity index (χ4v) is 11.2. The van der Waals surface area contributed by atoms with E-state index in [0.717, 1.165) is 12.8 Å². The molecule has 0 saturated carbocycles. The molecule has 0 spiro atoms. The van der Waals surface area contributed by atoms with E-state index in [0.29, 0.717) is 0 Å². The van der Waals surface area contributed by atoms with Gasteiger partial charge in [0.2, 0.25) is 0 Å². The predicted molar refractivity (Wildman–Crippen MR) is 89.3 cm³/mol. The molecule has 0 aliphatic heterocycles. The summed E-state index contributed by atoms with van der Waals surface area (Å²) in [6.07, 6.45) is 1.73. The van der Waals surface area contributed by atoms with Crippen LogP contribution in [0.5, 0.6) is 0 Å². The van der Waals surface area contributed by atoms with Gasteiger partial charge in [-0.15, -0.1) is 11.8 Å². The second-order valence-electron chi connectivity index (χ2n) is 4.36. The molecule has 9 heteroatoms. The first-order valence-corrected chi connectivity index (χ1v) is 11.5. The van der Waals surface area contributed by atoms with Crippen LogP contribution in [-0.4, -0.2) is 70.0 Å². The molecule has 0 bridgehead atoms. The molecule has 0 aromatic heterocycles. The summed E-state index contributed by atoms with van der Waals surface area (Å²) in [6, 6.07) is 0. The molecule has 0 amide bonds. The summed E-state index contributed by atoms with van der Waals surface area (Å²) >= 11 is 1.72. The molecule has 0 heterocycles. The third-order valence-corrected chi connectivity index (χ3v) is 13.2. The van der Waals surface area contributed by atoms with Gasteiger partial charge in [-0.25, -0.2) is 0 Å². The molecule has 0 N–H and O–H groups in total. The van der Waals surface area contributed by atoms with Gasteiger partial charge in [0.15, 0.2) is 0 Å². The monoisotopic (exact) mass is 358 g/mol. The van der Waals surface area contributed by atoms with Gasteiger partial charge in [-0.3, -0.25) is 0 Å². The van der Waals surface area contributed by atoms with Crippen molar-refractivity contribution in [3.05, 3.63) is 0 Å². The maximum absolute atomic E-state index is 5.61. The first-order valence-electron chi connectivity index (χ1n) is 6.95. The Balaban J connectivity index is 5.32. The third-order valence-electron chi connectivity index (χ3n) is 3.57. The summed E-state index contributed by atoms with van der Waals surface area (Å²) in [4.78, 5) is 0.185. The van der Waals surface area contributed by atoms with E-state index in [2.05, 4.69) is 13.8 Å². The van der Waals surface area contributed by atoms with Gasteiger partial charge in [-0.2, -0.15) is 0 Å². The highest BCUT2D eigenvalue weighted by molar-refractivity contribution is 8.03. The Morgan fingerprint density at radius 3 is 1.00 bits per heavy atom. The van der Waals surface area contributed by atoms with Gasteiger partial charge in [-0.1, -0.05) is 13.8 Å². The first kappa shape index (κ1) is 21.5. The minimum atomic E-state index is -2.72. The molecule has 0 aliphatic carbocycles. The van der Waals surface area contributed by atoms with Crippen LogP contribution in [0.3, 0.4) is 0 Å². The molecule has 0 aliphatic rings. The van der Waals surface area contributed by atoms with Crippen molar-refractivity contribution in [3.63, 3.8) is 0 Å². The highest BCUT2D eigenvalue weighted by Crippen LogP contribution is 2.36. The Labute approximate surface area is 135 Å². The lowest BCUT2D eigenvalue weighted by molar-refractivity contribution is 0.118. The van der Waals surface area contributed by atoms with E-state index < -0.39 is 17.6 Å². The second kappa shape index (κ2) is 10.3. The molecule has 2 unspecified atom stereocenters.